The van der Waals surface area contributed by atoms with Crippen molar-refractivity contribution in [1.29, 1.82) is 0 Å². The van der Waals surface area contributed by atoms with Crippen LogP contribution in [-0.4, -0.2) is 27.7 Å². The Bertz CT molecular complexity index is 790. The summed E-state index contributed by atoms with van der Waals surface area (Å²) in [5, 5.41) is 14.5. The highest BCUT2D eigenvalue weighted by molar-refractivity contribution is 5.58. The maximum absolute atomic E-state index is 13.1. The quantitative estimate of drug-likeness (QED) is 0.606. The van der Waals surface area contributed by atoms with E-state index in [1.165, 1.54) is 0 Å². The lowest BCUT2D eigenvalue weighted by Crippen LogP contribution is -2.30. The van der Waals surface area contributed by atoms with Crippen LogP contribution in [0.5, 0.6) is 0 Å². The number of hydrogen-bond acceptors (Lipinski definition) is 5. The normalized spacial score (nSPS) is 13.5. The molecule has 5 nitrogen and oxygen atoms in total. The number of aromatic nitrogens is 2. The molecule has 1 aromatic heterocycles. The number of aliphatic hydroxyl groups is 1. The van der Waals surface area contributed by atoms with E-state index in [0.717, 1.165) is 24.3 Å². The number of halogens is 6. The van der Waals surface area contributed by atoms with E-state index < -0.39 is 29.7 Å². The average Bonchev–Trinajstić information content (AvgIpc) is 2.58. The van der Waals surface area contributed by atoms with Crippen molar-refractivity contribution in [1.82, 2.24) is 9.97 Å². The summed E-state index contributed by atoms with van der Waals surface area (Å²) in [5.74, 6) is -0.739. The summed E-state index contributed by atoms with van der Waals surface area (Å²) in [5.41, 5.74) is -2.00. The van der Waals surface area contributed by atoms with E-state index in [0.29, 0.717) is 6.07 Å². The predicted molar refractivity (Wildman–Crippen MR) is 91.1 cm³/mol. The molecule has 1 heterocycles. The molecule has 0 saturated heterocycles. The van der Waals surface area contributed by atoms with E-state index in [-0.39, 0.29) is 30.0 Å². The van der Waals surface area contributed by atoms with Crippen molar-refractivity contribution in [2.24, 2.45) is 5.92 Å². The van der Waals surface area contributed by atoms with E-state index in [1.54, 1.807) is 13.8 Å². The molecule has 0 bridgehead atoms. The van der Waals surface area contributed by atoms with Crippen molar-refractivity contribution < 1.29 is 31.4 Å². The van der Waals surface area contributed by atoms with Crippen molar-refractivity contribution in [2.75, 3.05) is 17.2 Å². The van der Waals surface area contributed by atoms with Gasteiger partial charge in [0.1, 0.15) is 5.82 Å². The van der Waals surface area contributed by atoms with Crippen LogP contribution in [0.15, 0.2) is 30.3 Å². The zero-order valence-electron chi connectivity index (χ0n) is 14.9. The first-order chi connectivity index (χ1) is 12.9. The highest BCUT2D eigenvalue weighted by Gasteiger charge is 2.34. The molecule has 0 unspecified atom stereocenters. The smallest absolute Gasteiger partial charge is 0.394 e. The molecule has 0 amide bonds. The summed E-state index contributed by atoms with van der Waals surface area (Å²) in [6, 6.07) is 3.82. The number of anilines is 3. The second kappa shape index (κ2) is 8.21. The molecule has 28 heavy (non-hydrogen) atoms. The van der Waals surface area contributed by atoms with Gasteiger partial charge in [-0.15, -0.1) is 0 Å². The molecular formula is C17H18F6N4O. The Labute approximate surface area is 156 Å². The topological polar surface area (TPSA) is 70.1 Å². The van der Waals surface area contributed by atoms with Crippen LogP contribution in [0.4, 0.5) is 43.8 Å². The first kappa shape index (κ1) is 21.7. The summed E-state index contributed by atoms with van der Waals surface area (Å²) in [6.45, 7) is 3.16. The summed E-state index contributed by atoms with van der Waals surface area (Å²) < 4.78 is 77.2. The second-order valence-corrected chi connectivity index (χ2v) is 6.34. The molecule has 0 fully saturated rings. The monoisotopic (exact) mass is 408 g/mol. The van der Waals surface area contributed by atoms with E-state index in [4.69, 9.17) is 0 Å². The van der Waals surface area contributed by atoms with Gasteiger partial charge in [-0.05, 0) is 30.2 Å². The molecule has 1 aromatic carbocycles. The van der Waals surface area contributed by atoms with Crippen LogP contribution in [-0.2, 0) is 12.4 Å². The van der Waals surface area contributed by atoms with E-state index in [2.05, 4.69) is 20.6 Å². The van der Waals surface area contributed by atoms with Crippen LogP contribution >= 0.6 is 0 Å². The predicted octanol–water partition coefficient (Wildman–Crippen LogP) is 4.69. The molecule has 1 atom stereocenters. The van der Waals surface area contributed by atoms with Crippen molar-refractivity contribution in [3.63, 3.8) is 0 Å². The number of alkyl halides is 6. The molecule has 2 aromatic rings. The minimum Gasteiger partial charge on any atom is -0.394 e. The minimum absolute atomic E-state index is 0.116. The molecular weight excluding hydrogens is 390 g/mol. The van der Waals surface area contributed by atoms with Crippen LogP contribution < -0.4 is 10.6 Å². The van der Waals surface area contributed by atoms with E-state index >= 15 is 0 Å². The second-order valence-electron chi connectivity index (χ2n) is 6.34. The molecule has 0 radical (unpaired) electrons. The van der Waals surface area contributed by atoms with Crippen LogP contribution in [0.1, 0.15) is 25.1 Å². The number of hydrogen-bond donors (Lipinski definition) is 3. The fraction of sp³-hybridized carbons (Fsp3) is 0.412. The molecule has 0 spiro atoms. The fourth-order valence-electron chi connectivity index (χ4n) is 2.20. The highest BCUT2D eigenvalue weighted by Crippen LogP contribution is 2.32. The van der Waals surface area contributed by atoms with Gasteiger partial charge < -0.3 is 15.7 Å². The summed E-state index contributed by atoms with van der Waals surface area (Å²) in [6.07, 6.45) is -9.29. The standard InChI is InChI=1S/C17H18F6N4O/c1-9(2)12(8-28)25-15-26-13(17(21,22)23)7-14(27-15)24-11-5-3-10(4-6-11)16(18,19)20/h3-7,9,12,28H,8H2,1-2H3,(H2,24,25,26,27)/t12-/m0/s1. The van der Waals surface area contributed by atoms with E-state index in [1.807, 2.05) is 0 Å². The number of aliphatic hydroxyl groups excluding tert-OH is 1. The summed E-state index contributed by atoms with van der Waals surface area (Å²) >= 11 is 0. The van der Waals surface area contributed by atoms with Gasteiger partial charge in [-0.25, -0.2) is 4.98 Å². The van der Waals surface area contributed by atoms with Gasteiger partial charge in [0.15, 0.2) is 5.69 Å². The van der Waals surface area contributed by atoms with Crippen LogP contribution in [0.25, 0.3) is 0 Å². The van der Waals surface area contributed by atoms with Crippen molar-refractivity contribution in [3.05, 3.63) is 41.6 Å². The van der Waals surface area contributed by atoms with Gasteiger partial charge in [-0.2, -0.15) is 31.3 Å². The Morgan fingerprint density at radius 2 is 1.57 bits per heavy atom. The third-order valence-corrected chi connectivity index (χ3v) is 3.82. The van der Waals surface area contributed by atoms with Gasteiger partial charge >= 0.3 is 12.4 Å². The van der Waals surface area contributed by atoms with Crippen molar-refractivity contribution in [2.45, 2.75) is 32.2 Å². The number of nitrogens with zero attached hydrogens (tertiary/aromatic N) is 2. The largest absolute Gasteiger partial charge is 0.433 e. The van der Waals surface area contributed by atoms with Gasteiger partial charge in [0.05, 0.1) is 18.2 Å². The van der Waals surface area contributed by atoms with E-state index in [9.17, 15) is 31.4 Å². The highest BCUT2D eigenvalue weighted by atomic mass is 19.4. The Morgan fingerprint density at radius 1 is 0.964 bits per heavy atom. The Balaban J connectivity index is 2.33. The SMILES string of the molecule is CC(C)[C@H](CO)Nc1nc(Nc2ccc(C(F)(F)F)cc2)cc(C(F)(F)F)n1. The third kappa shape index (κ3) is 5.72. The molecule has 0 saturated carbocycles. The van der Waals surface area contributed by atoms with Gasteiger partial charge in [0, 0.05) is 11.8 Å². The van der Waals surface area contributed by atoms with Crippen molar-refractivity contribution >= 4 is 17.5 Å². The average molecular weight is 408 g/mol. The molecule has 154 valence electrons. The summed E-state index contributed by atoms with van der Waals surface area (Å²) in [4.78, 5) is 7.33. The zero-order chi connectivity index (χ0) is 21.1. The number of rotatable bonds is 6. The lowest BCUT2D eigenvalue weighted by Gasteiger charge is -2.21. The van der Waals surface area contributed by atoms with Crippen molar-refractivity contribution in [3.8, 4) is 0 Å². The molecule has 0 aliphatic carbocycles. The first-order valence-corrected chi connectivity index (χ1v) is 8.18. The van der Waals surface area contributed by atoms with Gasteiger partial charge in [0.25, 0.3) is 0 Å². The first-order valence-electron chi connectivity index (χ1n) is 8.18. The molecule has 2 rings (SSSR count). The molecule has 0 aliphatic rings. The lowest BCUT2D eigenvalue weighted by molar-refractivity contribution is -0.141. The Hall–Kier alpha value is -2.56. The van der Waals surface area contributed by atoms with Gasteiger partial charge in [-0.1, -0.05) is 13.8 Å². The Morgan fingerprint density at radius 3 is 2.04 bits per heavy atom. The third-order valence-electron chi connectivity index (χ3n) is 3.82. The zero-order valence-corrected chi connectivity index (χ0v) is 14.9. The molecule has 11 heteroatoms. The number of nitrogens with one attached hydrogen (secondary N) is 2. The van der Waals surface area contributed by atoms with Gasteiger partial charge in [-0.3, -0.25) is 0 Å². The Kier molecular flexibility index (Phi) is 6.37. The fourth-order valence-corrected chi connectivity index (χ4v) is 2.20. The molecule has 3 N–H and O–H groups in total. The maximum atomic E-state index is 13.1. The number of benzene rings is 1. The lowest BCUT2D eigenvalue weighted by atomic mass is 10.1. The molecule has 0 aliphatic heterocycles. The summed E-state index contributed by atoms with van der Waals surface area (Å²) in [7, 11) is 0. The van der Waals surface area contributed by atoms with Gasteiger partial charge in [0.2, 0.25) is 5.95 Å². The van der Waals surface area contributed by atoms with Crippen LogP contribution in [0.2, 0.25) is 0 Å². The minimum atomic E-state index is -4.76. The maximum Gasteiger partial charge on any atom is 0.433 e. The van der Waals surface area contributed by atoms with Crippen LogP contribution in [0, 0.1) is 5.92 Å². The van der Waals surface area contributed by atoms with Crippen LogP contribution in [0.3, 0.4) is 0 Å².